The number of methoxy groups -OCH3 is 2. The van der Waals surface area contributed by atoms with Crippen LogP contribution >= 0.6 is 0 Å². The number of esters is 1. The van der Waals surface area contributed by atoms with Gasteiger partial charge in [0.1, 0.15) is 0 Å². The maximum atomic E-state index is 12.2. The molecule has 0 saturated heterocycles. The summed E-state index contributed by atoms with van der Waals surface area (Å²) >= 11 is 0. The lowest BCUT2D eigenvalue weighted by atomic mass is 10.2. The van der Waals surface area contributed by atoms with E-state index < -0.39 is 22.9 Å². The quantitative estimate of drug-likeness (QED) is 0.450. The number of carbonyl (C=O) groups is 2. The van der Waals surface area contributed by atoms with Crippen LogP contribution in [0.25, 0.3) is 0 Å². The number of non-ortho nitro benzene ring substituents is 1. The van der Waals surface area contributed by atoms with Gasteiger partial charge in [-0.1, -0.05) is 0 Å². The van der Waals surface area contributed by atoms with Gasteiger partial charge in [0.2, 0.25) is 0 Å². The molecule has 27 heavy (non-hydrogen) atoms. The molecule has 0 aliphatic carbocycles. The zero-order valence-electron chi connectivity index (χ0n) is 14.9. The second kappa shape index (κ2) is 8.65. The molecule has 0 bridgehead atoms. The zero-order chi connectivity index (χ0) is 20.0. The molecule has 1 amide bonds. The Balaban J connectivity index is 2.01. The van der Waals surface area contributed by atoms with Crippen molar-refractivity contribution in [1.82, 2.24) is 0 Å². The largest absolute Gasteiger partial charge is 0.493 e. The predicted molar refractivity (Wildman–Crippen MR) is 96.1 cm³/mol. The summed E-state index contributed by atoms with van der Waals surface area (Å²) in [7, 11) is 2.91. The number of benzene rings is 2. The van der Waals surface area contributed by atoms with Gasteiger partial charge >= 0.3 is 5.97 Å². The van der Waals surface area contributed by atoms with Gasteiger partial charge in [0.25, 0.3) is 11.6 Å². The number of nitrogens with zero attached hydrogens (tertiary/aromatic N) is 1. The van der Waals surface area contributed by atoms with Crippen LogP contribution in [0.3, 0.4) is 0 Å². The zero-order valence-corrected chi connectivity index (χ0v) is 14.9. The average molecular weight is 374 g/mol. The molecule has 0 heterocycles. The fourth-order valence-corrected chi connectivity index (χ4v) is 2.16. The van der Waals surface area contributed by atoms with E-state index in [1.807, 2.05) is 0 Å². The molecule has 0 radical (unpaired) electrons. The third kappa shape index (κ3) is 4.94. The lowest BCUT2D eigenvalue weighted by Gasteiger charge is -2.14. The van der Waals surface area contributed by atoms with Crippen LogP contribution in [0, 0.1) is 10.1 Å². The number of hydrogen-bond donors (Lipinski definition) is 1. The average Bonchev–Trinajstić information content (AvgIpc) is 2.67. The van der Waals surface area contributed by atoms with E-state index in [1.165, 1.54) is 57.5 Å². The number of nitro groups is 1. The molecule has 2 aromatic carbocycles. The third-order valence-corrected chi connectivity index (χ3v) is 3.62. The standard InChI is InChI=1S/C18H18N2O7/c1-11(17(21)19-13-5-7-14(8-6-13)20(23)24)27-18(22)12-4-9-15(25-2)16(10-12)26-3/h4-11H,1-3H3,(H,19,21)/t11-/m1/s1. The van der Waals surface area contributed by atoms with Crippen molar-refractivity contribution in [2.24, 2.45) is 0 Å². The molecule has 2 aromatic rings. The molecule has 0 spiro atoms. The number of nitrogens with one attached hydrogen (secondary N) is 1. The number of anilines is 1. The highest BCUT2D eigenvalue weighted by Crippen LogP contribution is 2.28. The van der Waals surface area contributed by atoms with Gasteiger partial charge in [-0.25, -0.2) is 4.79 Å². The van der Waals surface area contributed by atoms with Crippen molar-refractivity contribution in [1.29, 1.82) is 0 Å². The maximum Gasteiger partial charge on any atom is 0.339 e. The summed E-state index contributed by atoms with van der Waals surface area (Å²) in [6.07, 6.45) is -1.08. The van der Waals surface area contributed by atoms with Gasteiger partial charge in [-0.05, 0) is 37.3 Å². The minimum atomic E-state index is -1.08. The molecule has 1 N–H and O–H groups in total. The Kier molecular flexibility index (Phi) is 6.32. The normalized spacial score (nSPS) is 11.2. The Morgan fingerprint density at radius 3 is 2.22 bits per heavy atom. The first-order chi connectivity index (χ1) is 12.8. The number of ether oxygens (including phenoxy) is 3. The van der Waals surface area contributed by atoms with Crippen LogP contribution in [0.5, 0.6) is 11.5 Å². The molecule has 0 saturated carbocycles. The maximum absolute atomic E-state index is 12.2. The summed E-state index contributed by atoms with van der Waals surface area (Å²) < 4.78 is 15.4. The highest BCUT2D eigenvalue weighted by molar-refractivity contribution is 5.97. The molecular weight excluding hydrogens is 356 g/mol. The molecule has 1 atom stereocenters. The molecular formula is C18H18N2O7. The molecule has 0 fully saturated rings. The Morgan fingerprint density at radius 2 is 1.67 bits per heavy atom. The fourth-order valence-electron chi connectivity index (χ4n) is 2.16. The Morgan fingerprint density at radius 1 is 1.04 bits per heavy atom. The summed E-state index contributed by atoms with van der Waals surface area (Å²) in [5.41, 5.74) is 0.447. The lowest BCUT2D eigenvalue weighted by molar-refractivity contribution is -0.384. The van der Waals surface area contributed by atoms with E-state index in [1.54, 1.807) is 6.07 Å². The third-order valence-electron chi connectivity index (χ3n) is 3.62. The van der Waals surface area contributed by atoms with Gasteiger partial charge in [-0.15, -0.1) is 0 Å². The number of nitro benzene ring substituents is 1. The molecule has 0 aliphatic rings. The molecule has 2 rings (SSSR count). The summed E-state index contributed by atoms with van der Waals surface area (Å²) in [4.78, 5) is 34.5. The van der Waals surface area contributed by atoms with E-state index in [0.717, 1.165) is 0 Å². The smallest absolute Gasteiger partial charge is 0.339 e. The molecule has 0 aromatic heterocycles. The van der Waals surface area contributed by atoms with Crippen molar-refractivity contribution in [3.05, 3.63) is 58.1 Å². The number of carbonyl (C=O) groups excluding carboxylic acids is 2. The van der Waals surface area contributed by atoms with Crippen molar-refractivity contribution in [3.8, 4) is 11.5 Å². The topological polar surface area (TPSA) is 117 Å². The molecule has 9 heteroatoms. The van der Waals surface area contributed by atoms with Crippen LogP contribution in [0.2, 0.25) is 0 Å². The Bertz CT molecular complexity index is 849. The van der Waals surface area contributed by atoms with Gasteiger partial charge in [0.15, 0.2) is 17.6 Å². The van der Waals surface area contributed by atoms with E-state index >= 15 is 0 Å². The van der Waals surface area contributed by atoms with E-state index in [-0.39, 0.29) is 11.3 Å². The highest BCUT2D eigenvalue weighted by atomic mass is 16.6. The van der Waals surface area contributed by atoms with Gasteiger partial charge in [-0.2, -0.15) is 0 Å². The van der Waals surface area contributed by atoms with Crippen LogP contribution < -0.4 is 14.8 Å². The molecule has 0 unspecified atom stereocenters. The number of amides is 1. The monoisotopic (exact) mass is 374 g/mol. The van der Waals surface area contributed by atoms with Gasteiger partial charge in [0.05, 0.1) is 24.7 Å². The molecule has 142 valence electrons. The van der Waals surface area contributed by atoms with Crippen molar-refractivity contribution in [2.75, 3.05) is 19.5 Å². The first-order valence-electron chi connectivity index (χ1n) is 7.84. The number of hydrogen-bond acceptors (Lipinski definition) is 7. The Hall–Kier alpha value is -3.62. The highest BCUT2D eigenvalue weighted by Gasteiger charge is 2.20. The van der Waals surface area contributed by atoms with E-state index in [2.05, 4.69) is 5.32 Å². The van der Waals surface area contributed by atoms with Gasteiger partial charge in [0, 0.05) is 17.8 Å². The van der Waals surface area contributed by atoms with Crippen molar-refractivity contribution < 1.29 is 28.7 Å². The van der Waals surface area contributed by atoms with Crippen molar-refractivity contribution in [3.63, 3.8) is 0 Å². The first kappa shape index (κ1) is 19.7. The van der Waals surface area contributed by atoms with Crippen LogP contribution in [0.4, 0.5) is 11.4 Å². The predicted octanol–water partition coefficient (Wildman–Crippen LogP) is 2.80. The van der Waals surface area contributed by atoms with Crippen LogP contribution in [-0.2, 0) is 9.53 Å². The molecule has 9 nitrogen and oxygen atoms in total. The second-order valence-electron chi connectivity index (χ2n) is 5.41. The van der Waals surface area contributed by atoms with Gasteiger partial charge in [-0.3, -0.25) is 14.9 Å². The van der Waals surface area contributed by atoms with Crippen LogP contribution in [-0.4, -0.2) is 37.1 Å². The SMILES string of the molecule is COc1ccc(C(=O)O[C@H](C)C(=O)Nc2ccc([N+](=O)[O-])cc2)cc1OC. The second-order valence-corrected chi connectivity index (χ2v) is 5.41. The fraction of sp³-hybridized carbons (Fsp3) is 0.222. The minimum Gasteiger partial charge on any atom is -0.493 e. The summed E-state index contributed by atoms with van der Waals surface area (Å²) in [6.45, 7) is 1.42. The van der Waals surface area contributed by atoms with Crippen molar-refractivity contribution in [2.45, 2.75) is 13.0 Å². The first-order valence-corrected chi connectivity index (χ1v) is 7.84. The summed E-state index contributed by atoms with van der Waals surface area (Å²) in [6, 6.07) is 9.79. The van der Waals surface area contributed by atoms with Crippen LogP contribution in [0.15, 0.2) is 42.5 Å². The summed E-state index contributed by atoms with van der Waals surface area (Å²) in [5.74, 6) is -0.465. The van der Waals surface area contributed by atoms with Crippen LogP contribution in [0.1, 0.15) is 17.3 Å². The lowest BCUT2D eigenvalue weighted by Crippen LogP contribution is -2.30. The van der Waals surface area contributed by atoms with Gasteiger partial charge < -0.3 is 19.5 Å². The van der Waals surface area contributed by atoms with E-state index in [4.69, 9.17) is 14.2 Å². The summed E-state index contributed by atoms with van der Waals surface area (Å²) in [5, 5.41) is 13.2. The Labute approximate surface area is 155 Å². The van der Waals surface area contributed by atoms with Crippen molar-refractivity contribution >= 4 is 23.3 Å². The number of rotatable bonds is 7. The molecule has 0 aliphatic heterocycles. The minimum absolute atomic E-state index is 0.0964. The van der Waals surface area contributed by atoms with E-state index in [9.17, 15) is 19.7 Å². The van der Waals surface area contributed by atoms with E-state index in [0.29, 0.717) is 17.2 Å².